The van der Waals surface area contributed by atoms with Crippen molar-refractivity contribution < 1.29 is 15.3 Å². The molecule has 0 bridgehead atoms. The molecule has 0 saturated carbocycles. The largest absolute Gasteiger partial charge is 0.392 e. The minimum atomic E-state index is -0.510. The minimum absolute atomic E-state index is 0.221. The van der Waals surface area contributed by atoms with Crippen molar-refractivity contribution >= 4 is 0 Å². The van der Waals surface area contributed by atoms with E-state index in [1.165, 1.54) is 4.90 Å². The molecule has 0 aromatic heterocycles. The van der Waals surface area contributed by atoms with E-state index in [0.717, 1.165) is 0 Å². The van der Waals surface area contributed by atoms with E-state index in [1.54, 1.807) is 6.92 Å². The van der Waals surface area contributed by atoms with Gasteiger partial charge in [-0.25, -0.2) is 0 Å². The van der Waals surface area contributed by atoms with E-state index in [9.17, 15) is 0 Å². The van der Waals surface area contributed by atoms with Gasteiger partial charge in [-0.2, -0.15) is 0 Å². The molecule has 0 aromatic rings. The molecule has 0 aliphatic heterocycles. The van der Waals surface area contributed by atoms with Crippen LogP contribution < -0.4 is 0 Å². The van der Waals surface area contributed by atoms with Crippen LogP contribution in [0, 0.1) is 0 Å². The summed E-state index contributed by atoms with van der Waals surface area (Å²) in [6, 6.07) is 0. The first-order valence-electron chi connectivity index (χ1n) is 2.82. The van der Waals surface area contributed by atoms with Crippen LogP contribution in [0.1, 0.15) is 6.92 Å². The molecule has 1 atom stereocenters. The van der Waals surface area contributed by atoms with Crippen LogP contribution in [-0.2, 0) is 0 Å². The van der Waals surface area contributed by atoms with Gasteiger partial charge < -0.3 is 15.3 Å². The van der Waals surface area contributed by atoms with Gasteiger partial charge >= 0.3 is 0 Å². The van der Waals surface area contributed by atoms with E-state index in [4.69, 9.17) is 15.3 Å². The summed E-state index contributed by atoms with van der Waals surface area (Å²) in [5.74, 6) is 0. The maximum atomic E-state index is 8.72. The Hall–Kier alpha value is -0.160. The Labute approximate surface area is 54.3 Å². The van der Waals surface area contributed by atoms with Crippen LogP contribution in [-0.4, -0.2) is 46.3 Å². The molecule has 0 saturated heterocycles. The van der Waals surface area contributed by atoms with Crippen LogP contribution in [0.2, 0.25) is 0 Å². The Bertz CT molecular complexity index is 63.2. The fourth-order valence-electron chi connectivity index (χ4n) is 0.534. The number of rotatable bonds is 4. The lowest BCUT2D eigenvalue weighted by Crippen LogP contribution is -2.32. The number of aliphatic hydroxyl groups excluding tert-OH is 3. The summed E-state index contributed by atoms with van der Waals surface area (Å²) in [5, 5.41) is 25.6. The zero-order valence-electron chi connectivity index (χ0n) is 5.49. The zero-order chi connectivity index (χ0) is 7.28. The topological polar surface area (TPSA) is 63.9 Å². The molecular weight excluding hydrogens is 122 g/mol. The first-order valence-corrected chi connectivity index (χ1v) is 2.82. The van der Waals surface area contributed by atoms with Crippen molar-refractivity contribution in [2.45, 2.75) is 13.0 Å². The summed E-state index contributed by atoms with van der Waals surface area (Å²) in [6.45, 7) is 1.45. The van der Waals surface area contributed by atoms with Gasteiger partial charge in [0.15, 0.2) is 0 Å². The van der Waals surface area contributed by atoms with Crippen LogP contribution in [0.15, 0.2) is 0 Å². The van der Waals surface area contributed by atoms with E-state index in [2.05, 4.69) is 0 Å². The molecule has 4 heteroatoms. The third kappa shape index (κ3) is 4.35. The van der Waals surface area contributed by atoms with Crippen LogP contribution in [0.5, 0.6) is 0 Å². The van der Waals surface area contributed by atoms with Gasteiger partial charge in [0.2, 0.25) is 0 Å². The molecule has 0 amide bonds. The fraction of sp³-hybridized carbons (Fsp3) is 1.00. The highest BCUT2D eigenvalue weighted by atomic mass is 16.3. The highest BCUT2D eigenvalue weighted by Gasteiger charge is 2.03. The van der Waals surface area contributed by atoms with Gasteiger partial charge in [-0.1, -0.05) is 0 Å². The average molecular weight is 135 g/mol. The van der Waals surface area contributed by atoms with Crippen molar-refractivity contribution in [3.63, 3.8) is 0 Å². The Morgan fingerprint density at radius 2 is 1.78 bits per heavy atom. The second-order valence-corrected chi connectivity index (χ2v) is 1.99. The average Bonchev–Trinajstić information content (AvgIpc) is 1.82. The molecule has 0 rings (SSSR count). The molecule has 0 aliphatic carbocycles. The molecule has 0 spiro atoms. The quantitative estimate of drug-likeness (QED) is 0.413. The summed E-state index contributed by atoms with van der Waals surface area (Å²) >= 11 is 0. The summed E-state index contributed by atoms with van der Waals surface area (Å²) < 4.78 is 0. The van der Waals surface area contributed by atoms with E-state index < -0.39 is 6.10 Å². The second-order valence-electron chi connectivity index (χ2n) is 1.99. The Morgan fingerprint density at radius 3 is 1.89 bits per heavy atom. The molecule has 1 unspecified atom stereocenters. The zero-order valence-corrected chi connectivity index (χ0v) is 5.49. The molecule has 0 fully saturated rings. The summed E-state index contributed by atoms with van der Waals surface area (Å²) in [7, 11) is 0. The number of hydrogen-bond donors (Lipinski definition) is 3. The predicted octanol–water partition coefficient (Wildman–Crippen LogP) is -1.43. The predicted molar refractivity (Wildman–Crippen MR) is 32.6 cm³/mol. The Morgan fingerprint density at radius 1 is 1.33 bits per heavy atom. The monoisotopic (exact) mass is 135 g/mol. The first-order chi connectivity index (χ1) is 4.20. The lowest BCUT2D eigenvalue weighted by molar-refractivity contribution is 0.00115. The molecule has 3 N–H and O–H groups in total. The lowest BCUT2D eigenvalue weighted by atomic mass is 10.4. The van der Waals surface area contributed by atoms with Crippen LogP contribution in [0.25, 0.3) is 0 Å². The maximum Gasteiger partial charge on any atom is 0.0975 e. The molecule has 0 radical (unpaired) electrons. The number of aliphatic hydroxyl groups is 3. The lowest BCUT2D eigenvalue weighted by Gasteiger charge is -2.16. The third-order valence-corrected chi connectivity index (χ3v) is 0.922. The molecule has 0 aromatic carbocycles. The van der Waals surface area contributed by atoms with Gasteiger partial charge in [-0.3, -0.25) is 4.90 Å². The van der Waals surface area contributed by atoms with Gasteiger partial charge in [-0.05, 0) is 6.92 Å². The third-order valence-electron chi connectivity index (χ3n) is 0.922. The highest BCUT2D eigenvalue weighted by molar-refractivity contribution is 4.51. The van der Waals surface area contributed by atoms with Crippen molar-refractivity contribution in [3.05, 3.63) is 0 Å². The van der Waals surface area contributed by atoms with Crippen molar-refractivity contribution in [2.75, 3.05) is 20.0 Å². The Kier molecular flexibility index (Phi) is 4.61. The molecule has 9 heavy (non-hydrogen) atoms. The van der Waals surface area contributed by atoms with Gasteiger partial charge in [-0.15, -0.1) is 0 Å². The van der Waals surface area contributed by atoms with Crippen LogP contribution in [0.3, 0.4) is 0 Å². The number of nitrogens with zero attached hydrogens (tertiary/aromatic N) is 1. The second kappa shape index (κ2) is 4.69. The van der Waals surface area contributed by atoms with Gasteiger partial charge in [0.25, 0.3) is 0 Å². The molecular formula is C5H13NO3. The molecule has 0 aliphatic rings. The molecule has 0 heterocycles. The summed E-state index contributed by atoms with van der Waals surface area (Å²) in [5.41, 5.74) is 0. The normalized spacial score (nSPS) is 14.3. The van der Waals surface area contributed by atoms with Crippen LogP contribution in [0.4, 0.5) is 0 Å². The molecule has 56 valence electrons. The van der Waals surface area contributed by atoms with E-state index in [0.29, 0.717) is 6.54 Å². The van der Waals surface area contributed by atoms with Gasteiger partial charge in [0.1, 0.15) is 0 Å². The smallest absolute Gasteiger partial charge is 0.0975 e. The van der Waals surface area contributed by atoms with E-state index in [1.807, 2.05) is 0 Å². The highest BCUT2D eigenvalue weighted by Crippen LogP contribution is 1.86. The van der Waals surface area contributed by atoms with Gasteiger partial charge in [0.05, 0.1) is 19.6 Å². The maximum absolute atomic E-state index is 8.72. The van der Waals surface area contributed by atoms with Crippen molar-refractivity contribution in [1.29, 1.82) is 0 Å². The Balaban J connectivity index is 3.31. The minimum Gasteiger partial charge on any atom is -0.392 e. The summed E-state index contributed by atoms with van der Waals surface area (Å²) in [6.07, 6.45) is -0.510. The number of hydrogen-bond acceptors (Lipinski definition) is 4. The van der Waals surface area contributed by atoms with Crippen molar-refractivity contribution in [3.8, 4) is 0 Å². The van der Waals surface area contributed by atoms with E-state index >= 15 is 0 Å². The first kappa shape index (κ1) is 8.84. The fourth-order valence-corrected chi connectivity index (χ4v) is 0.534. The SMILES string of the molecule is CC(O)CN(CO)CO. The van der Waals surface area contributed by atoms with Gasteiger partial charge in [0, 0.05) is 6.54 Å². The van der Waals surface area contributed by atoms with Crippen LogP contribution >= 0.6 is 0 Å². The molecule has 4 nitrogen and oxygen atoms in total. The van der Waals surface area contributed by atoms with E-state index in [-0.39, 0.29) is 13.5 Å². The van der Waals surface area contributed by atoms with Crippen molar-refractivity contribution in [1.82, 2.24) is 4.90 Å². The standard InChI is InChI=1S/C5H13NO3/c1-5(9)2-6(3-7)4-8/h5,7-9H,2-4H2,1H3. The summed E-state index contributed by atoms with van der Waals surface area (Å²) in [4.78, 5) is 1.31. The van der Waals surface area contributed by atoms with Crippen molar-refractivity contribution in [2.24, 2.45) is 0 Å².